The lowest BCUT2D eigenvalue weighted by Gasteiger charge is -2.20. The quantitative estimate of drug-likeness (QED) is 0.799. The van der Waals surface area contributed by atoms with Crippen LogP contribution in [0.2, 0.25) is 0 Å². The maximum absolute atomic E-state index is 12.5. The van der Waals surface area contributed by atoms with E-state index in [1.165, 1.54) is 22.5 Å². The van der Waals surface area contributed by atoms with E-state index in [0.717, 1.165) is 0 Å². The van der Waals surface area contributed by atoms with Crippen LogP contribution in [-0.2, 0) is 14.8 Å². The highest BCUT2D eigenvalue weighted by molar-refractivity contribution is 7.89. The van der Waals surface area contributed by atoms with Crippen LogP contribution in [-0.4, -0.2) is 39.0 Å². The fourth-order valence-corrected chi connectivity index (χ4v) is 3.51. The third kappa shape index (κ3) is 2.87. The molecule has 1 aliphatic heterocycles. The number of benzene rings is 1. The minimum Gasteiger partial charge on any atom is -0.398 e. The third-order valence-electron chi connectivity index (χ3n) is 2.94. The summed E-state index contributed by atoms with van der Waals surface area (Å²) in [7, 11) is -3.62. The molecule has 1 saturated heterocycles. The van der Waals surface area contributed by atoms with Gasteiger partial charge in [0, 0.05) is 19.7 Å². The Balaban J connectivity index is 2.36. The first-order valence-corrected chi connectivity index (χ1v) is 7.37. The van der Waals surface area contributed by atoms with Crippen molar-refractivity contribution in [2.24, 2.45) is 0 Å². The molecule has 1 fully saturated rings. The molecule has 0 radical (unpaired) electrons. The van der Waals surface area contributed by atoms with Gasteiger partial charge in [-0.3, -0.25) is 0 Å². The molecule has 102 valence electrons. The Morgan fingerprint density at radius 1 is 1.32 bits per heavy atom. The van der Waals surface area contributed by atoms with E-state index >= 15 is 0 Å². The molecular formula is C12H15N3O3S. The van der Waals surface area contributed by atoms with Crippen LogP contribution in [0.25, 0.3) is 0 Å². The fraction of sp³-hybridized carbons (Fsp3) is 0.417. The fourth-order valence-electron chi connectivity index (χ4n) is 1.96. The lowest BCUT2D eigenvalue weighted by molar-refractivity contribution is 0.148. The zero-order valence-corrected chi connectivity index (χ0v) is 11.2. The summed E-state index contributed by atoms with van der Waals surface area (Å²) in [4.78, 5) is 0.0494. The number of rotatable bonds is 2. The maximum Gasteiger partial charge on any atom is 0.245 e. The highest BCUT2D eigenvalue weighted by Gasteiger charge is 2.27. The van der Waals surface area contributed by atoms with E-state index in [1.807, 2.05) is 6.07 Å². The standard InChI is InChI=1S/C12H15N3O3S/c13-9-10-2-3-12(11(14)8-10)19(16,17)15-4-1-6-18-7-5-15/h2-3,8H,1,4-7,14H2. The van der Waals surface area contributed by atoms with Crippen molar-refractivity contribution in [3.63, 3.8) is 0 Å². The van der Waals surface area contributed by atoms with Gasteiger partial charge in [-0.05, 0) is 24.6 Å². The molecule has 0 unspecified atom stereocenters. The monoisotopic (exact) mass is 281 g/mol. The van der Waals surface area contributed by atoms with Gasteiger partial charge >= 0.3 is 0 Å². The molecule has 19 heavy (non-hydrogen) atoms. The first kappa shape index (κ1) is 13.8. The Labute approximate surface area is 112 Å². The van der Waals surface area contributed by atoms with E-state index in [9.17, 15) is 8.42 Å². The summed E-state index contributed by atoms with van der Waals surface area (Å²) in [6, 6.07) is 6.14. The number of nitriles is 1. The summed E-state index contributed by atoms with van der Waals surface area (Å²) in [6.07, 6.45) is 0.662. The van der Waals surface area contributed by atoms with Crippen molar-refractivity contribution in [1.82, 2.24) is 4.31 Å². The van der Waals surface area contributed by atoms with Crippen LogP contribution in [0.15, 0.2) is 23.1 Å². The molecule has 1 aliphatic rings. The van der Waals surface area contributed by atoms with Crippen molar-refractivity contribution < 1.29 is 13.2 Å². The van der Waals surface area contributed by atoms with E-state index in [0.29, 0.717) is 38.3 Å². The number of ether oxygens (including phenoxy) is 1. The summed E-state index contributed by atoms with van der Waals surface area (Å²) in [6.45, 7) is 1.69. The van der Waals surface area contributed by atoms with Crippen LogP contribution in [0.1, 0.15) is 12.0 Å². The molecular weight excluding hydrogens is 266 g/mol. The number of nitrogens with two attached hydrogens (primary N) is 1. The summed E-state index contributed by atoms with van der Waals surface area (Å²) < 4.78 is 31.6. The number of anilines is 1. The van der Waals surface area contributed by atoms with Crippen molar-refractivity contribution in [2.75, 3.05) is 32.0 Å². The molecule has 0 amide bonds. The molecule has 2 rings (SSSR count). The van der Waals surface area contributed by atoms with Crippen molar-refractivity contribution in [1.29, 1.82) is 5.26 Å². The molecule has 0 bridgehead atoms. The summed E-state index contributed by atoms with van der Waals surface area (Å²) in [5.41, 5.74) is 6.18. The minimum absolute atomic E-state index is 0.0494. The molecule has 0 aliphatic carbocycles. The smallest absolute Gasteiger partial charge is 0.245 e. The average Bonchev–Trinajstić information content (AvgIpc) is 2.67. The molecule has 1 aromatic carbocycles. The largest absolute Gasteiger partial charge is 0.398 e. The molecule has 1 aromatic rings. The molecule has 2 N–H and O–H groups in total. The van der Waals surface area contributed by atoms with Gasteiger partial charge in [0.15, 0.2) is 0 Å². The highest BCUT2D eigenvalue weighted by atomic mass is 32.2. The second kappa shape index (κ2) is 5.57. The molecule has 1 heterocycles. The van der Waals surface area contributed by atoms with E-state index in [2.05, 4.69) is 0 Å². The second-order valence-corrected chi connectivity index (χ2v) is 6.14. The lowest BCUT2D eigenvalue weighted by Crippen LogP contribution is -2.33. The molecule has 6 nitrogen and oxygen atoms in total. The van der Waals surface area contributed by atoms with Crippen molar-refractivity contribution in [2.45, 2.75) is 11.3 Å². The third-order valence-corrected chi connectivity index (χ3v) is 4.91. The Morgan fingerprint density at radius 3 is 2.79 bits per heavy atom. The van der Waals surface area contributed by atoms with Gasteiger partial charge in [0.2, 0.25) is 10.0 Å². The van der Waals surface area contributed by atoms with Gasteiger partial charge in [0.25, 0.3) is 0 Å². The number of hydrogen-bond acceptors (Lipinski definition) is 5. The number of sulfonamides is 1. The van der Waals surface area contributed by atoms with Crippen molar-refractivity contribution >= 4 is 15.7 Å². The van der Waals surface area contributed by atoms with Gasteiger partial charge in [0.1, 0.15) is 4.90 Å². The van der Waals surface area contributed by atoms with Gasteiger partial charge in [-0.2, -0.15) is 9.57 Å². The van der Waals surface area contributed by atoms with Crippen molar-refractivity contribution in [3.8, 4) is 6.07 Å². The maximum atomic E-state index is 12.5. The van der Waals surface area contributed by atoms with Crippen LogP contribution in [0.3, 0.4) is 0 Å². The first-order valence-electron chi connectivity index (χ1n) is 5.93. The second-order valence-electron chi connectivity index (χ2n) is 4.23. The van der Waals surface area contributed by atoms with Crippen molar-refractivity contribution in [3.05, 3.63) is 23.8 Å². The van der Waals surface area contributed by atoms with E-state index in [-0.39, 0.29) is 10.6 Å². The minimum atomic E-state index is -3.62. The lowest BCUT2D eigenvalue weighted by atomic mass is 10.2. The molecule has 0 atom stereocenters. The van der Waals surface area contributed by atoms with Gasteiger partial charge in [-0.15, -0.1) is 0 Å². The average molecular weight is 281 g/mol. The van der Waals surface area contributed by atoms with Crippen LogP contribution in [0.5, 0.6) is 0 Å². The normalized spacial score (nSPS) is 17.6. The van der Waals surface area contributed by atoms with Gasteiger partial charge in [-0.25, -0.2) is 8.42 Å². The zero-order valence-electron chi connectivity index (χ0n) is 10.4. The van der Waals surface area contributed by atoms with Gasteiger partial charge in [-0.1, -0.05) is 0 Å². The van der Waals surface area contributed by atoms with Crippen LogP contribution >= 0.6 is 0 Å². The van der Waals surface area contributed by atoms with Crippen LogP contribution < -0.4 is 5.73 Å². The zero-order chi connectivity index (χ0) is 13.9. The summed E-state index contributed by atoms with van der Waals surface area (Å²) in [5, 5.41) is 8.76. The summed E-state index contributed by atoms with van der Waals surface area (Å²) in [5.74, 6) is 0. The molecule has 0 saturated carbocycles. The number of hydrogen-bond donors (Lipinski definition) is 1. The first-order chi connectivity index (χ1) is 9.05. The van der Waals surface area contributed by atoms with Crippen LogP contribution in [0, 0.1) is 11.3 Å². The molecule has 0 aromatic heterocycles. The summed E-state index contributed by atoms with van der Waals surface area (Å²) >= 11 is 0. The number of nitrogen functional groups attached to an aromatic ring is 1. The Kier molecular flexibility index (Phi) is 4.04. The predicted octanol–water partition coefficient (Wildman–Crippen LogP) is 0.551. The van der Waals surface area contributed by atoms with E-state index < -0.39 is 10.0 Å². The van der Waals surface area contributed by atoms with E-state index in [4.69, 9.17) is 15.7 Å². The molecule has 7 heteroatoms. The highest BCUT2D eigenvalue weighted by Crippen LogP contribution is 2.24. The number of nitrogens with zero attached hydrogens (tertiary/aromatic N) is 2. The predicted molar refractivity (Wildman–Crippen MR) is 69.8 cm³/mol. The Bertz CT molecular complexity index is 599. The SMILES string of the molecule is N#Cc1ccc(S(=O)(=O)N2CCCOCC2)c(N)c1. The molecule has 0 spiro atoms. The Hall–Kier alpha value is -1.62. The van der Waals surface area contributed by atoms with Gasteiger partial charge < -0.3 is 10.5 Å². The van der Waals surface area contributed by atoms with E-state index in [1.54, 1.807) is 0 Å². The topological polar surface area (TPSA) is 96.4 Å². The Morgan fingerprint density at radius 2 is 2.11 bits per heavy atom. The van der Waals surface area contributed by atoms with Gasteiger partial charge in [0.05, 0.1) is 23.9 Å². The van der Waals surface area contributed by atoms with Crippen LogP contribution in [0.4, 0.5) is 5.69 Å².